The lowest BCUT2D eigenvalue weighted by Crippen LogP contribution is -1.99. The monoisotopic (exact) mass is 178 g/mol. The molecule has 0 aliphatic heterocycles. The molecule has 0 bridgehead atoms. The van der Waals surface area contributed by atoms with E-state index in [-0.39, 0.29) is 5.69 Å². The second-order valence-corrected chi connectivity index (χ2v) is 2.46. The van der Waals surface area contributed by atoms with Gasteiger partial charge in [0.05, 0.1) is 17.4 Å². The number of nitrogens with one attached hydrogen (secondary N) is 2. The first-order valence-electron chi connectivity index (χ1n) is 3.56. The molecule has 2 heterocycles. The molecule has 0 atom stereocenters. The van der Waals surface area contributed by atoms with Crippen molar-refractivity contribution in [3.05, 3.63) is 28.3 Å². The van der Waals surface area contributed by atoms with E-state index < -0.39 is 0 Å². The zero-order chi connectivity index (χ0) is 9.26. The quantitative estimate of drug-likeness (QED) is 0.327. The summed E-state index contributed by atoms with van der Waals surface area (Å²) in [6, 6.07) is 3.31. The Hall–Kier alpha value is -2.11. The highest BCUT2D eigenvalue weighted by molar-refractivity contribution is 5.81. The topological polar surface area (TPSA) is 94.1 Å². The summed E-state index contributed by atoms with van der Waals surface area (Å²) in [4.78, 5) is 19.9. The normalized spacial score (nSPS) is 11.4. The highest BCUT2D eigenvalue weighted by Gasteiger charge is 1.99. The number of fused-ring (bicyclic) bond motifs is 1. The van der Waals surface area contributed by atoms with Gasteiger partial charge in [-0.25, -0.2) is 9.78 Å². The molecule has 0 aliphatic carbocycles. The Bertz CT molecular complexity index is 510. The third-order valence-electron chi connectivity index (χ3n) is 1.59. The predicted molar refractivity (Wildman–Crippen MR) is 46.1 cm³/mol. The van der Waals surface area contributed by atoms with E-state index in [1.165, 1.54) is 6.21 Å². The van der Waals surface area contributed by atoms with Gasteiger partial charge in [-0.3, -0.25) is 4.98 Å². The van der Waals surface area contributed by atoms with Crippen LogP contribution in [-0.4, -0.2) is 26.4 Å². The number of imidazole rings is 1. The van der Waals surface area contributed by atoms with Crippen LogP contribution in [-0.2, 0) is 0 Å². The first-order valence-corrected chi connectivity index (χ1v) is 3.56. The molecule has 3 N–H and O–H groups in total. The Morgan fingerprint density at radius 3 is 3.08 bits per heavy atom. The minimum absolute atomic E-state index is 0.305. The van der Waals surface area contributed by atoms with E-state index in [4.69, 9.17) is 5.21 Å². The van der Waals surface area contributed by atoms with Gasteiger partial charge in [0.2, 0.25) is 0 Å². The highest BCUT2D eigenvalue weighted by Crippen LogP contribution is 2.03. The number of pyridine rings is 1. The van der Waals surface area contributed by atoms with Gasteiger partial charge < -0.3 is 10.2 Å². The fraction of sp³-hybridized carbons (Fsp3) is 0. The summed E-state index contributed by atoms with van der Waals surface area (Å²) in [5, 5.41) is 11.1. The molecule has 0 aliphatic rings. The van der Waals surface area contributed by atoms with Crippen molar-refractivity contribution in [1.82, 2.24) is 15.0 Å². The van der Waals surface area contributed by atoms with Crippen molar-refractivity contribution < 1.29 is 5.21 Å². The van der Waals surface area contributed by atoms with Gasteiger partial charge in [-0.15, -0.1) is 0 Å². The van der Waals surface area contributed by atoms with Crippen LogP contribution in [0, 0.1) is 0 Å². The van der Waals surface area contributed by atoms with Gasteiger partial charge >= 0.3 is 5.69 Å². The highest BCUT2D eigenvalue weighted by atomic mass is 16.4. The van der Waals surface area contributed by atoms with Crippen LogP contribution in [0.3, 0.4) is 0 Å². The van der Waals surface area contributed by atoms with E-state index in [9.17, 15) is 4.79 Å². The standard InChI is InChI=1S/C7H6N4O2/c12-7-10-5-2-1-4(3-8-13)9-6(5)11-7/h1-3,13H,(H2,9,10,11,12). The Kier molecular flexibility index (Phi) is 1.59. The van der Waals surface area contributed by atoms with E-state index >= 15 is 0 Å². The zero-order valence-corrected chi connectivity index (χ0v) is 6.48. The minimum Gasteiger partial charge on any atom is -0.411 e. The summed E-state index contributed by atoms with van der Waals surface area (Å²) in [5.41, 5.74) is 1.24. The number of hydrogen-bond acceptors (Lipinski definition) is 4. The van der Waals surface area contributed by atoms with Crippen molar-refractivity contribution >= 4 is 17.4 Å². The van der Waals surface area contributed by atoms with E-state index in [1.807, 2.05) is 0 Å². The predicted octanol–water partition coefficient (Wildman–Crippen LogP) is 0.0593. The maximum absolute atomic E-state index is 10.8. The second-order valence-electron chi connectivity index (χ2n) is 2.46. The zero-order valence-electron chi connectivity index (χ0n) is 6.48. The SMILES string of the molecule is O=c1[nH]c2ccc(C=NO)nc2[nH]1. The third-order valence-corrected chi connectivity index (χ3v) is 1.59. The average Bonchev–Trinajstić information content (AvgIpc) is 2.44. The number of H-pyrrole nitrogens is 2. The Morgan fingerprint density at radius 1 is 1.46 bits per heavy atom. The summed E-state index contributed by atoms with van der Waals surface area (Å²) in [7, 11) is 0. The maximum atomic E-state index is 10.8. The summed E-state index contributed by atoms with van der Waals surface area (Å²) in [5.74, 6) is 0. The minimum atomic E-state index is -0.305. The van der Waals surface area contributed by atoms with Gasteiger partial charge in [0.25, 0.3) is 0 Å². The molecule has 2 aromatic rings. The first kappa shape index (κ1) is 7.53. The fourth-order valence-electron chi connectivity index (χ4n) is 1.06. The molecule has 0 saturated carbocycles. The molecule has 0 saturated heterocycles. The van der Waals surface area contributed by atoms with Crippen LogP contribution in [0.5, 0.6) is 0 Å². The lowest BCUT2D eigenvalue weighted by molar-refractivity contribution is 0.321. The van der Waals surface area contributed by atoms with Crippen molar-refractivity contribution in [3.63, 3.8) is 0 Å². The second kappa shape index (κ2) is 2.74. The van der Waals surface area contributed by atoms with Crippen LogP contribution in [0.15, 0.2) is 22.1 Å². The Labute approximate surface area is 71.9 Å². The molecule has 6 heteroatoms. The van der Waals surface area contributed by atoms with Gasteiger partial charge in [-0.2, -0.15) is 0 Å². The van der Waals surface area contributed by atoms with Crippen molar-refractivity contribution in [1.29, 1.82) is 0 Å². The smallest absolute Gasteiger partial charge is 0.325 e. The van der Waals surface area contributed by atoms with Crippen LogP contribution in [0.4, 0.5) is 0 Å². The van der Waals surface area contributed by atoms with E-state index in [0.29, 0.717) is 16.9 Å². The molecule has 0 fully saturated rings. The van der Waals surface area contributed by atoms with Crippen LogP contribution >= 0.6 is 0 Å². The number of rotatable bonds is 1. The van der Waals surface area contributed by atoms with Crippen molar-refractivity contribution in [3.8, 4) is 0 Å². The van der Waals surface area contributed by atoms with Crippen LogP contribution in [0.2, 0.25) is 0 Å². The van der Waals surface area contributed by atoms with Crippen LogP contribution < -0.4 is 5.69 Å². The summed E-state index contributed by atoms with van der Waals surface area (Å²) >= 11 is 0. The molecule has 0 amide bonds. The summed E-state index contributed by atoms with van der Waals surface area (Å²) in [6.07, 6.45) is 1.19. The fourth-order valence-corrected chi connectivity index (χ4v) is 1.06. The summed E-state index contributed by atoms with van der Waals surface area (Å²) in [6.45, 7) is 0. The molecule has 0 radical (unpaired) electrons. The van der Waals surface area contributed by atoms with Gasteiger partial charge in [0.15, 0.2) is 5.65 Å². The molecule has 0 unspecified atom stereocenters. The van der Waals surface area contributed by atoms with Crippen LogP contribution in [0.1, 0.15) is 5.69 Å². The first-order chi connectivity index (χ1) is 6.29. The number of nitrogens with zero attached hydrogens (tertiary/aromatic N) is 2. The van der Waals surface area contributed by atoms with Gasteiger partial charge in [0.1, 0.15) is 0 Å². The molecular weight excluding hydrogens is 172 g/mol. The third kappa shape index (κ3) is 1.28. The maximum Gasteiger partial charge on any atom is 0.325 e. The number of hydrogen-bond donors (Lipinski definition) is 3. The Balaban J connectivity index is 2.67. The van der Waals surface area contributed by atoms with Gasteiger partial charge in [-0.05, 0) is 12.1 Å². The average molecular weight is 178 g/mol. The van der Waals surface area contributed by atoms with Crippen molar-refractivity contribution in [2.75, 3.05) is 0 Å². The number of oxime groups is 1. The van der Waals surface area contributed by atoms with Crippen molar-refractivity contribution in [2.24, 2.45) is 5.16 Å². The molecule has 66 valence electrons. The summed E-state index contributed by atoms with van der Waals surface area (Å²) < 4.78 is 0. The van der Waals surface area contributed by atoms with Crippen LogP contribution in [0.25, 0.3) is 11.2 Å². The lowest BCUT2D eigenvalue weighted by atomic mass is 10.3. The number of aromatic amines is 2. The molecule has 6 nitrogen and oxygen atoms in total. The molecule has 2 aromatic heterocycles. The van der Waals surface area contributed by atoms with Crippen molar-refractivity contribution in [2.45, 2.75) is 0 Å². The molecule has 0 aromatic carbocycles. The van der Waals surface area contributed by atoms with Gasteiger partial charge in [0, 0.05) is 0 Å². The molecule has 0 spiro atoms. The van der Waals surface area contributed by atoms with Gasteiger partial charge in [-0.1, -0.05) is 5.16 Å². The largest absolute Gasteiger partial charge is 0.411 e. The molecule has 13 heavy (non-hydrogen) atoms. The van der Waals surface area contributed by atoms with E-state index in [0.717, 1.165) is 0 Å². The Morgan fingerprint density at radius 2 is 2.31 bits per heavy atom. The van der Waals surface area contributed by atoms with E-state index in [1.54, 1.807) is 12.1 Å². The number of aromatic nitrogens is 3. The molecule has 2 rings (SSSR count). The lowest BCUT2D eigenvalue weighted by Gasteiger charge is -1.89. The molecular formula is C7H6N4O2. The van der Waals surface area contributed by atoms with E-state index in [2.05, 4.69) is 20.1 Å².